The van der Waals surface area contributed by atoms with Crippen molar-refractivity contribution < 1.29 is 4.79 Å². The number of aryl methyl sites for hydroxylation is 1. The van der Waals surface area contributed by atoms with E-state index in [1.165, 1.54) is 5.56 Å². The number of benzene rings is 1. The summed E-state index contributed by atoms with van der Waals surface area (Å²) in [5.41, 5.74) is 1.96. The predicted octanol–water partition coefficient (Wildman–Crippen LogP) is 2.98. The first kappa shape index (κ1) is 16.8. The summed E-state index contributed by atoms with van der Waals surface area (Å²) in [5.74, 6) is 0. The maximum atomic E-state index is 12.3. The molecule has 1 aliphatic heterocycles. The van der Waals surface area contributed by atoms with Gasteiger partial charge in [0.2, 0.25) is 0 Å². The van der Waals surface area contributed by atoms with Gasteiger partial charge in [0.15, 0.2) is 0 Å². The van der Waals surface area contributed by atoms with Crippen LogP contribution in [-0.4, -0.2) is 51.8 Å². The van der Waals surface area contributed by atoms with E-state index in [9.17, 15) is 4.79 Å². The van der Waals surface area contributed by atoms with E-state index in [4.69, 9.17) is 11.6 Å². The van der Waals surface area contributed by atoms with E-state index in [2.05, 4.69) is 34.4 Å². The first-order valence-electron chi connectivity index (χ1n) is 8.07. The molecule has 24 heavy (non-hydrogen) atoms. The third-order valence-corrected chi connectivity index (χ3v) is 4.71. The molecule has 0 saturated carbocycles. The molecule has 1 aromatic heterocycles. The van der Waals surface area contributed by atoms with E-state index in [1.807, 2.05) is 24.1 Å². The fourth-order valence-corrected chi connectivity index (χ4v) is 3.08. The molecule has 1 fully saturated rings. The number of rotatable bonds is 3. The quantitative estimate of drug-likeness (QED) is 0.928. The van der Waals surface area contributed by atoms with Crippen LogP contribution in [0.25, 0.3) is 0 Å². The normalized spacial score (nSPS) is 16.9. The second-order valence-corrected chi connectivity index (χ2v) is 6.52. The zero-order valence-corrected chi connectivity index (χ0v) is 14.7. The van der Waals surface area contributed by atoms with Gasteiger partial charge in [-0.1, -0.05) is 23.7 Å². The number of nitrogens with zero attached hydrogens (tertiary/aromatic N) is 4. The van der Waals surface area contributed by atoms with Gasteiger partial charge in [0, 0.05) is 50.5 Å². The number of amides is 2. The Morgan fingerprint density at radius 2 is 1.88 bits per heavy atom. The predicted molar refractivity (Wildman–Crippen MR) is 95.2 cm³/mol. The van der Waals surface area contributed by atoms with Gasteiger partial charge in [-0.15, -0.1) is 0 Å². The summed E-state index contributed by atoms with van der Waals surface area (Å²) in [6, 6.07) is 8.21. The van der Waals surface area contributed by atoms with E-state index in [0.717, 1.165) is 23.8 Å². The smallest absolute Gasteiger partial charge is 0.322 e. The summed E-state index contributed by atoms with van der Waals surface area (Å²) in [6.07, 6.45) is 3.44. The Balaban J connectivity index is 1.53. The molecule has 2 heterocycles. The van der Waals surface area contributed by atoms with E-state index in [0.29, 0.717) is 19.1 Å². The summed E-state index contributed by atoms with van der Waals surface area (Å²) >= 11 is 5.95. The van der Waals surface area contributed by atoms with Gasteiger partial charge in [0.25, 0.3) is 0 Å². The van der Waals surface area contributed by atoms with Gasteiger partial charge in [0.05, 0.1) is 11.9 Å². The van der Waals surface area contributed by atoms with Crippen LogP contribution in [0, 0.1) is 0 Å². The molecule has 0 radical (unpaired) electrons. The summed E-state index contributed by atoms with van der Waals surface area (Å²) in [7, 11) is 1.83. The molecule has 1 aromatic carbocycles. The fourth-order valence-electron chi connectivity index (χ4n) is 2.95. The van der Waals surface area contributed by atoms with E-state index in [-0.39, 0.29) is 6.03 Å². The standard InChI is InChI=1S/C17H22ClN5O/c1-13(14-3-5-15(18)6-4-14)22-7-9-23(10-8-22)17(24)20-16-11-19-21(2)12-16/h3-6,11-13H,7-10H2,1-2H3,(H,20,24)/t13-/m1/s1. The van der Waals surface area contributed by atoms with Crippen molar-refractivity contribution in [3.8, 4) is 0 Å². The van der Waals surface area contributed by atoms with Crippen molar-refractivity contribution in [2.75, 3.05) is 31.5 Å². The molecule has 1 atom stereocenters. The summed E-state index contributed by atoms with van der Waals surface area (Å²) in [6.45, 7) is 5.32. The molecule has 6 nitrogen and oxygen atoms in total. The van der Waals surface area contributed by atoms with Crippen LogP contribution in [-0.2, 0) is 7.05 Å². The lowest BCUT2D eigenvalue weighted by molar-refractivity contribution is 0.119. The third-order valence-electron chi connectivity index (χ3n) is 4.46. The van der Waals surface area contributed by atoms with Crippen LogP contribution in [0.5, 0.6) is 0 Å². The minimum Gasteiger partial charge on any atom is -0.322 e. The lowest BCUT2D eigenvalue weighted by atomic mass is 10.1. The van der Waals surface area contributed by atoms with Crippen LogP contribution in [0.4, 0.5) is 10.5 Å². The number of nitrogens with one attached hydrogen (secondary N) is 1. The number of hydrogen-bond donors (Lipinski definition) is 1. The number of anilines is 1. The lowest BCUT2D eigenvalue weighted by Crippen LogP contribution is -2.50. The highest BCUT2D eigenvalue weighted by molar-refractivity contribution is 6.30. The van der Waals surface area contributed by atoms with Crippen LogP contribution in [0.15, 0.2) is 36.7 Å². The van der Waals surface area contributed by atoms with Crippen molar-refractivity contribution in [2.24, 2.45) is 7.05 Å². The molecule has 0 aliphatic carbocycles. The second-order valence-electron chi connectivity index (χ2n) is 6.08. The van der Waals surface area contributed by atoms with Gasteiger partial charge in [-0.2, -0.15) is 5.10 Å². The molecule has 2 aromatic rings. The van der Waals surface area contributed by atoms with Gasteiger partial charge in [-0.05, 0) is 24.6 Å². The van der Waals surface area contributed by atoms with Crippen molar-refractivity contribution in [3.05, 3.63) is 47.2 Å². The summed E-state index contributed by atoms with van der Waals surface area (Å²) < 4.78 is 1.67. The maximum Gasteiger partial charge on any atom is 0.322 e. The summed E-state index contributed by atoms with van der Waals surface area (Å²) in [5, 5.41) is 7.69. The molecular formula is C17H22ClN5O. The van der Waals surface area contributed by atoms with E-state index < -0.39 is 0 Å². The Morgan fingerprint density at radius 3 is 2.46 bits per heavy atom. The molecule has 1 N–H and O–H groups in total. The zero-order valence-electron chi connectivity index (χ0n) is 13.9. The van der Waals surface area contributed by atoms with Crippen molar-refractivity contribution >= 4 is 23.3 Å². The van der Waals surface area contributed by atoms with Crippen molar-refractivity contribution in [1.29, 1.82) is 0 Å². The van der Waals surface area contributed by atoms with Crippen LogP contribution in [0.1, 0.15) is 18.5 Å². The highest BCUT2D eigenvalue weighted by Crippen LogP contribution is 2.23. The molecule has 7 heteroatoms. The Labute approximate surface area is 147 Å². The average Bonchev–Trinajstić information content (AvgIpc) is 3.00. The fraction of sp³-hybridized carbons (Fsp3) is 0.412. The largest absolute Gasteiger partial charge is 0.322 e. The monoisotopic (exact) mass is 347 g/mol. The molecule has 0 spiro atoms. The van der Waals surface area contributed by atoms with Crippen molar-refractivity contribution in [3.63, 3.8) is 0 Å². The van der Waals surface area contributed by atoms with Crippen molar-refractivity contribution in [2.45, 2.75) is 13.0 Å². The number of hydrogen-bond acceptors (Lipinski definition) is 3. The SMILES string of the molecule is C[C@H](c1ccc(Cl)cc1)N1CCN(C(=O)Nc2cnn(C)c2)CC1. The molecule has 3 rings (SSSR count). The third kappa shape index (κ3) is 3.88. The van der Waals surface area contributed by atoms with E-state index in [1.54, 1.807) is 17.1 Å². The Morgan fingerprint density at radius 1 is 1.21 bits per heavy atom. The number of carbonyl (C=O) groups is 1. The minimum atomic E-state index is -0.0678. The van der Waals surface area contributed by atoms with Crippen molar-refractivity contribution in [1.82, 2.24) is 19.6 Å². The number of aromatic nitrogens is 2. The second kappa shape index (κ2) is 7.23. The topological polar surface area (TPSA) is 53.4 Å². The summed E-state index contributed by atoms with van der Waals surface area (Å²) in [4.78, 5) is 16.5. The first-order valence-corrected chi connectivity index (χ1v) is 8.45. The van der Waals surface area contributed by atoms with Gasteiger partial charge in [-0.3, -0.25) is 9.58 Å². The number of carbonyl (C=O) groups excluding carboxylic acids is 1. The zero-order chi connectivity index (χ0) is 17.1. The molecule has 0 unspecified atom stereocenters. The first-order chi connectivity index (χ1) is 11.5. The lowest BCUT2D eigenvalue weighted by Gasteiger charge is -2.38. The molecule has 0 bridgehead atoms. The number of halogens is 1. The molecular weight excluding hydrogens is 326 g/mol. The number of piperazine rings is 1. The van der Waals surface area contributed by atoms with Crippen LogP contribution >= 0.6 is 11.6 Å². The van der Waals surface area contributed by atoms with Gasteiger partial charge >= 0.3 is 6.03 Å². The van der Waals surface area contributed by atoms with Crippen LogP contribution in [0.3, 0.4) is 0 Å². The molecule has 1 saturated heterocycles. The van der Waals surface area contributed by atoms with Gasteiger partial charge in [0.1, 0.15) is 0 Å². The van der Waals surface area contributed by atoms with E-state index >= 15 is 0 Å². The van der Waals surface area contributed by atoms with Crippen LogP contribution in [0.2, 0.25) is 5.02 Å². The number of urea groups is 1. The Hall–Kier alpha value is -2.05. The molecule has 128 valence electrons. The minimum absolute atomic E-state index is 0.0678. The average molecular weight is 348 g/mol. The highest BCUT2D eigenvalue weighted by atomic mass is 35.5. The molecule has 2 amide bonds. The Bertz CT molecular complexity index is 691. The van der Waals surface area contributed by atoms with Crippen LogP contribution < -0.4 is 5.32 Å². The highest BCUT2D eigenvalue weighted by Gasteiger charge is 2.24. The maximum absolute atomic E-state index is 12.3. The Kier molecular flexibility index (Phi) is 5.06. The van der Waals surface area contributed by atoms with Gasteiger partial charge < -0.3 is 10.2 Å². The molecule has 1 aliphatic rings. The van der Waals surface area contributed by atoms with Gasteiger partial charge in [-0.25, -0.2) is 4.79 Å².